The van der Waals surface area contributed by atoms with Gasteiger partial charge in [0, 0.05) is 42.9 Å². The SMILES string of the molecule is CC(C)Nc1ccc(C(=O)NC2CCc3nc(C(C)(C)C)cn3C2)cn1. The average Bonchev–Trinajstić information content (AvgIpc) is 2.98. The summed E-state index contributed by atoms with van der Waals surface area (Å²) in [5, 5.41) is 6.36. The van der Waals surface area contributed by atoms with Crippen LogP contribution in [0.3, 0.4) is 0 Å². The second-order valence-electron chi connectivity index (χ2n) is 8.38. The third kappa shape index (κ3) is 4.23. The van der Waals surface area contributed by atoms with Crippen molar-refractivity contribution in [3.63, 3.8) is 0 Å². The molecule has 2 aromatic heterocycles. The van der Waals surface area contributed by atoms with E-state index in [9.17, 15) is 4.79 Å². The molecule has 0 fully saturated rings. The Balaban J connectivity index is 1.63. The summed E-state index contributed by atoms with van der Waals surface area (Å²) in [6, 6.07) is 4.09. The van der Waals surface area contributed by atoms with E-state index in [1.54, 1.807) is 6.20 Å². The predicted octanol–water partition coefficient (Wildman–Crippen LogP) is 3.14. The second kappa shape index (κ2) is 7.09. The molecular formula is C20H29N5O. The van der Waals surface area contributed by atoms with E-state index < -0.39 is 0 Å². The van der Waals surface area contributed by atoms with Gasteiger partial charge in [0.15, 0.2) is 0 Å². The van der Waals surface area contributed by atoms with Gasteiger partial charge >= 0.3 is 0 Å². The highest BCUT2D eigenvalue weighted by Crippen LogP contribution is 2.24. The zero-order valence-corrected chi connectivity index (χ0v) is 16.3. The second-order valence-corrected chi connectivity index (χ2v) is 8.38. The number of anilines is 1. The van der Waals surface area contributed by atoms with Crippen LogP contribution in [-0.2, 0) is 18.4 Å². The monoisotopic (exact) mass is 355 g/mol. The topological polar surface area (TPSA) is 71.8 Å². The minimum absolute atomic E-state index is 0.0422. The van der Waals surface area contributed by atoms with Crippen molar-refractivity contribution >= 4 is 11.7 Å². The van der Waals surface area contributed by atoms with Gasteiger partial charge in [-0.05, 0) is 32.4 Å². The number of carbonyl (C=O) groups is 1. The van der Waals surface area contributed by atoms with Gasteiger partial charge in [-0.2, -0.15) is 0 Å². The molecule has 1 aliphatic rings. The third-order valence-corrected chi connectivity index (χ3v) is 4.56. The molecule has 0 saturated carbocycles. The van der Waals surface area contributed by atoms with Crippen molar-refractivity contribution < 1.29 is 4.79 Å². The Morgan fingerprint density at radius 1 is 1.31 bits per heavy atom. The van der Waals surface area contributed by atoms with E-state index in [0.29, 0.717) is 11.6 Å². The van der Waals surface area contributed by atoms with Gasteiger partial charge in [0.25, 0.3) is 5.91 Å². The van der Waals surface area contributed by atoms with Crippen LogP contribution in [-0.4, -0.2) is 32.5 Å². The standard InChI is InChI=1S/C20H29N5O/c1-13(2)22-17-8-6-14(10-21-17)19(26)23-15-7-9-18-24-16(20(3,4)5)12-25(18)11-15/h6,8,10,12-13,15H,7,9,11H2,1-5H3,(H,21,22)(H,23,26). The Morgan fingerprint density at radius 2 is 2.08 bits per heavy atom. The summed E-state index contributed by atoms with van der Waals surface area (Å²) < 4.78 is 2.18. The first kappa shape index (κ1) is 18.4. The summed E-state index contributed by atoms with van der Waals surface area (Å²) in [6.45, 7) is 11.4. The number of hydrogen-bond donors (Lipinski definition) is 2. The van der Waals surface area contributed by atoms with Crippen LogP contribution >= 0.6 is 0 Å². The Bertz CT molecular complexity index is 770. The van der Waals surface area contributed by atoms with Gasteiger partial charge in [-0.15, -0.1) is 0 Å². The van der Waals surface area contributed by atoms with Gasteiger partial charge in [-0.25, -0.2) is 9.97 Å². The molecule has 1 aliphatic heterocycles. The molecule has 0 aliphatic carbocycles. The molecule has 2 aromatic rings. The number of pyridine rings is 1. The smallest absolute Gasteiger partial charge is 0.253 e. The van der Waals surface area contributed by atoms with Crippen molar-refractivity contribution in [3.05, 3.63) is 41.6 Å². The fourth-order valence-corrected chi connectivity index (χ4v) is 3.10. The molecule has 0 saturated heterocycles. The predicted molar refractivity (Wildman–Crippen MR) is 103 cm³/mol. The lowest BCUT2D eigenvalue weighted by Crippen LogP contribution is -2.40. The Hall–Kier alpha value is -2.37. The lowest BCUT2D eigenvalue weighted by atomic mass is 9.93. The number of nitrogens with zero attached hydrogens (tertiary/aromatic N) is 3. The summed E-state index contributed by atoms with van der Waals surface area (Å²) in [7, 11) is 0. The highest BCUT2D eigenvalue weighted by atomic mass is 16.1. The number of hydrogen-bond acceptors (Lipinski definition) is 4. The van der Waals surface area contributed by atoms with Crippen molar-refractivity contribution in [3.8, 4) is 0 Å². The van der Waals surface area contributed by atoms with Crippen LogP contribution in [0.25, 0.3) is 0 Å². The van der Waals surface area contributed by atoms with E-state index in [1.165, 1.54) is 0 Å². The Labute approximate surface area is 155 Å². The molecule has 1 unspecified atom stereocenters. The van der Waals surface area contributed by atoms with Crippen molar-refractivity contribution in [2.75, 3.05) is 5.32 Å². The van der Waals surface area contributed by atoms with E-state index in [-0.39, 0.29) is 17.4 Å². The number of aryl methyl sites for hydroxylation is 1. The van der Waals surface area contributed by atoms with Crippen LogP contribution in [0.2, 0.25) is 0 Å². The summed E-state index contributed by atoms with van der Waals surface area (Å²) >= 11 is 0. The fraction of sp³-hybridized carbons (Fsp3) is 0.550. The molecule has 1 atom stereocenters. The molecule has 0 radical (unpaired) electrons. The van der Waals surface area contributed by atoms with E-state index in [4.69, 9.17) is 4.98 Å². The fourth-order valence-electron chi connectivity index (χ4n) is 3.10. The number of rotatable bonds is 4. The number of nitrogens with one attached hydrogen (secondary N) is 2. The molecule has 3 heterocycles. The maximum atomic E-state index is 12.5. The Kier molecular flexibility index (Phi) is 5.03. The molecule has 6 nitrogen and oxygen atoms in total. The lowest BCUT2D eigenvalue weighted by molar-refractivity contribution is 0.0927. The number of imidazole rings is 1. The summed E-state index contributed by atoms with van der Waals surface area (Å²) in [5.74, 6) is 1.83. The van der Waals surface area contributed by atoms with Gasteiger partial charge in [0.2, 0.25) is 0 Å². The number of amides is 1. The lowest BCUT2D eigenvalue weighted by Gasteiger charge is -2.24. The minimum atomic E-state index is -0.0711. The molecular weight excluding hydrogens is 326 g/mol. The Morgan fingerprint density at radius 3 is 2.69 bits per heavy atom. The quantitative estimate of drug-likeness (QED) is 0.884. The molecule has 2 N–H and O–H groups in total. The van der Waals surface area contributed by atoms with Crippen molar-refractivity contribution in [2.45, 2.75) is 71.5 Å². The van der Waals surface area contributed by atoms with E-state index >= 15 is 0 Å². The molecule has 3 rings (SSSR count). The number of aromatic nitrogens is 3. The highest BCUT2D eigenvalue weighted by molar-refractivity contribution is 5.94. The molecule has 1 amide bonds. The molecule has 0 spiro atoms. The zero-order chi connectivity index (χ0) is 18.9. The van der Waals surface area contributed by atoms with Crippen molar-refractivity contribution in [1.82, 2.24) is 19.9 Å². The van der Waals surface area contributed by atoms with Crippen LogP contribution < -0.4 is 10.6 Å². The van der Waals surface area contributed by atoms with E-state index in [1.807, 2.05) is 12.1 Å². The van der Waals surface area contributed by atoms with E-state index in [2.05, 4.69) is 61.0 Å². The van der Waals surface area contributed by atoms with Gasteiger partial charge < -0.3 is 15.2 Å². The van der Waals surface area contributed by atoms with Crippen molar-refractivity contribution in [1.29, 1.82) is 0 Å². The van der Waals surface area contributed by atoms with Crippen LogP contribution in [0, 0.1) is 0 Å². The van der Waals surface area contributed by atoms with Gasteiger partial charge in [-0.3, -0.25) is 4.79 Å². The third-order valence-electron chi connectivity index (χ3n) is 4.56. The zero-order valence-electron chi connectivity index (χ0n) is 16.3. The maximum Gasteiger partial charge on any atom is 0.253 e. The molecule has 0 bridgehead atoms. The first-order valence-electron chi connectivity index (χ1n) is 9.32. The van der Waals surface area contributed by atoms with Gasteiger partial charge in [-0.1, -0.05) is 20.8 Å². The highest BCUT2D eigenvalue weighted by Gasteiger charge is 2.25. The summed E-state index contributed by atoms with van der Waals surface area (Å²) in [6.07, 6.45) is 5.55. The first-order valence-corrected chi connectivity index (χ1v) is 9.32. The van der Waals surface area contributed by atoms with E-state index in [0.717, 1.165) is 36.7 Å². The van der Waals surface area contributed by atoms with Crippen LogP contribution in [0.1, 0.15) is 62.9 Å². The molecule has 140 valence electrons. The first-order chi connectivity index (χ1) is 12.2. The molecule has 0 aromatic carbocycles. The summed E-state index contributed by atoms with van der Waals surface area (Å²) in [5.41, 5.74) is 1.74. The molecule has 26 heavy (non-hydrogen) atoms. The minimum Gasteiger partial charge on any atom is -0.368 e. The van der Waals surface area contributed by atoms with Crippen molar-refractivity contribution in [2.24, 2.45) is 0 Å². The van der Waals surface area contributed by atoms with Gasteiger partial charge in [0.05, 0.1) is 11.3 Å². The van der Waals surface area contributed by atoms with Crippen LogP contribution in [0.5, 0.6) is 0 Å². The van der Waals surface area contributed by atoms with Crippen LogP contribution in [0.15, 0.2) is 24.5 Å². The molecule has 6 heteroatoms. The number of fused-ring (bicyclic) bond motifs is 1. The van der Waals surface area contributed by atoms with Gasteiger partial charge in [0.1, 0.15) is 11.6 Å². The average molecular weight is 355 g/mol. The normalized spacial score (nSPS) is 17.1. The van der Waals surface area contributed by atoms with Crippen LogP contribution in [0.4, 0.5) is 5.82 Å². The summed E-state index contributed by atoms with van der Waals surface area (Å²) in [4.78, 5) is 21.6. The maximum absolute atomic E-state index is 12.5. The largest absolute Gasteiger partial charge is 0.368 e. The number of carbonyl (C=O) groups excluding carboxylic acids is 1.